The molecule has 1 aliphatic heterocycles. The van der Waals surface area contributed by atoms with Crippen LogP contribution in [-0.2, 0) is 28.8 Å². The van der Waals surface area contributed by atoms with Crippen LogP contribution < -0.4 is 27.8 Å². The molecule has 0 aromatic heterocycles. The fourth-order valence-electron chi connectivity index (χ4n) is 2.91. The van der Waals surface area contributed by atoms with Crippen LogP contribution >= 0.6 is 0 Å². The molecule has 13 nitrogen and oxygen atoms in total. The topological polar surface area (TPSA) is 228 Å². The third-order valence-corrected chi connectivity index (χ3v) is 4.35. The van der Waals surface area contributed by atoms with Gasteiger partial charge in [-0.05, 0) is 19.8 Å². The molecule has 1 saturated heterocycles. The molecule has 0 spiro atoms. The van der Waals surface area contributed by atoms with Gasteiger partial charge in [-0.3, -0.25) is 24.0 Å². The zero-order valence-electron chi connectivity index (χ0n) is 15.9. The van der Waals surface area contributed by atoms with E-state index in [2.05, 4.69) is 10.6 Å². The van der Waals surface area contributed by atoms with Crippen molar-refractivity contribution in [1.29, 1.82) is 0 Å². The Labute approximate surface area is 166 Å². The largest absolute Gasteiger partial charge is 0.480 e. The molecule has 1 fully saturated rings. The van der Waals surface area contributed by atoms with Crippen molar-refractivity contribution >= 4 is 35.5 Å². The Morgan fingerprint density at radius 1 is 1.03 bits per heavy atom. The Morgan fingerprint density at radius 2 is 1.62 bits per heavy atom. The van der Waals surface area contributed by atoms with E-state index in [1.807, 2.05) is 0 Å². The van der Waals surface area contributed by atoms with Gasteiger partial charge in [-0.25, -0.2) is 4.79 Å². The van der Waals surface area contributed by atoms with E-state index < -0.39 is 72.5 Å². The molecule has 0 bridgehead atoms. The highest BCUT2D eigenvalue weighted by Gasteiger charge is 2.37. The normalized spacial score (nSPS) is 19.0. The lowest BCUT2D eigenvalue weighted by molar-refractivity contribution is -0.149. The van der Waals surface area contributed by atoms with Crippen LogP contribution in [0.1, 0.15) is 32.6 Å². The predicted molar refractivity (Wildman–Crippen MR) is 97.5 cm³/mol. The van der Waals surface area contributed by atoms with Crippen LogP contribution in [0, 0.1) is 0 Å². The molecule has 1 rings (SSSR count). The molecular weight excluding hydrogens is 388 g/mol. The standard InChI is InChI=1S/C16H26N6O7/c1-7(15(27)22-4-2-3-10(22)16(28)29)20-14(26)9(6-12(19)24)21-13(25)8(17)5-11(18)23/h7-10H,2-6,17H2,1H3,(H2,18,23)(H2,19,24)(H,20,26)(H,21,25)(H,28,29). The maximum absolute atomic E-state index is 12.5. The van der Waals surface area contributed by atoms with Gasteiger partial charge in [0, 0.05) is 6.54 Å². The van der Waals surface area contributed by atoms with Crippen LogP contribution in [0.15, 0.2) is 0 Å². The van der Waals surface area contributed by atoms with Gasteiger partial charge in [-0.1, -0.05) is 0 Å². The minimum Gasteiger partial charge on any atom is -0.480 e. The van der Waals surface area contributed by atoms with E-state index in [1.165, 1.54) is 6.92 Å². The molecule has 9 N–H and O–H groups in total. The third-order valence-electron chi connectivity index (χ3n) is 4.35. The number of aliphatic carboxylic acids is 1. The van der Waals surface area contributed by atoms with Crippen molar-refractivity contribution in [2.24, 2.45) is 17.2 Å². The first-order valence-corrected chi connectivity index (χ1v) is 8.90. The SMILES string of the molecule is CC(NC(=O)C(CC(N)=O)NC(=O)C(N)CC(N)=O)C(=O)N1CCCC1C(=O)O. The first kappa shape index (κ1) is 23.8. The Hall–Kier alpha value is -3.22. The number of carboxylic acid groups (broad SMARTS) is 1. The number of rotatable bonds is 10. The summed E-state index contributed by atoms with van der Waals surface area (Å²) in [5, 5.41) is 13.7. The summed E-state index contributed by atoms with van der Waals surface area (Å²) in [6.07, 6.45) is -0.234. The number of likely N-dealkylation sites (tertiary alicyclic amines) is 1. The van der Waals surface area contributed by atoms with E-state index in [-0.39, 0.29) is 6.54 Å². The Kier molecular flexibility index (Phi) is 8.51. The number of nitrogens with two attached hydrogens (primary N) is 3. The molecule has 4 unspecified atom stereocenters. The van der Waals surface area contributed by atoms with Crippen LogP contribution in [0.2, 0.25) is 0 Å². The highest BCUT2D eigenvalue weighted by atomic mass is 16.4. The van der Waals surface area contributed by atoms with Gasteiger partial charge >= 0.3 is 5.97 Å². The minimum absolute atomic E-state index is 0.236. The quantitative estimate of drug-likeness (QED) is 0.207. The first-order chi connectivity index (χ1) is 13.4. The second kappa shape index (κ2) is 10.4. The lowest BCUT2D eigenvalue weighted by Crippen LogP contribution is -2.57. The van der Waals surface area contributed by atoms with E-state index in [0.717, 1.165) is 4.90 Å². The summed E-state index contributed by atoms with van der Waals surface area (Å²) in [6, 6.07) is -4.87. The first-order valence-electron chi connectivity index (χ1n) is 8.90. The molecule has 0 aromatic rings. The fourth-order valence-corrected chi connectivity index (χ4v) is 2.91. The average molecular weight is 414 g/mol. The Bertz CT molecular complexity index is 697. The number of primary amides is 2. The lowest BCUT2D eigenvalue weighted by atomic mass is 10.1. The van der Waals surface area contributed by atoms with Crippen LogP contribution in [0.25, 0.3) is 0 Å². The van der Waals surface area contributed by atoms with Crippen molar-refractivity contribution in [2.75, 3.05) is 6.54 Å². The molecule has 162 valence electrons. The second-order valence-corrected chi connectivity index (χ2v) is 6.77. The number of nitrogens with zero attached hydrogens (tertiary/aromatic N) is 1. The third kappa shape index (κ3) is 7.03. The predicted octanol–water partition coefficient (Wildman–Crippen LogP) is -3.87. The summed E-state index contributed by atoms with van der Waals surface area (Å²) in [4.78, 5) is 71.4. The number of carbonyl (C=O) groups is 6. The van der Waals surface area contributed by atoms with Crippen molar-refractivity contribution < 1.29 is 33.9 Å². The molecule has 0 saturated carbocycles. The maximum atomic E-state index is 12.5. The number of nitrogens with one attached hydrogen (secondary N) is 2. The zero-order valence-corrected chi connectivity index (χ0v) is 15.9. The van der Waals surface area contributed by atoms with Crippen LogP contribution in [0.4, 0.5) is 0 Å². The highest BCUT2D eigenvalue weighted by molar-refractivity contribution is 5.96. The van der Waals surface area contributed by atoms with Crippen molar-refractivity contribution in [2.45, 2.75) is 56.8 Å². The molecule has 0 radical (unpaired) electrons. The Balaban J connectivity index is 2.79. The number of amides is 5. The smallest absolute Gasteiger partial charge is 0.326 e. The average Bonchev–Trinajstić information content (AvgIpc) is 3.09. The van der Waals surface area contributed by atoms with E-state index in [1.54, 1.807) is 0 Å². The molecule has 1 aliphatic rings. The molecule has 5 amide bonds. The number of hydrogen-bond donors (Lipinski definition) is 6. The second-order valence-electron chi connectivity index (χ2n) is 6.77. The van der Waals surface area contributed by atoms with Gasteiger partial charge in [0.2, 0.25) is 29.5 Å². The summed E-state index contributed by atoms with van der Waals surface area (Å²) in [5.41, 5.74) is 15.5. The van der Waals surface area contributed by atoms with Crippen molar-refractivity contribution in [1.82, 2.24) is 15.5 Å². The number of carboxylic acids is 1. The van der Waals surface area contributed by atoms with Crippen molar-refractivity contribution in [3.05, 3.63) is 0 Å². The number of hydrogen-bond acceptors (Lipinski definition) is 7. The summed E-state index contributed by atoms with van der Waals surface area (Å²) in [5.74, 6) is -5.29. The van der Waals surface area contributed by atoms with Crippen molar-refractivity contribution in [3.8, 4) is 0 Å². The zero-order chi connectivity index (χ0) is 22.3. The Morgan fingerprint density at radius 3 is 2.14 bits per heavy atom. The molecule has 0 aliphatic carbocycles. The maximum Gasteiger partial charge on any atom is 0.326 e. The van der Waals surface area contributed by atoms with Crippen LogP contribution in [-0.4, -0.2) is 76.2 Å². The highest BCUT2D eigenvalue weighted by Crippen LogP contribution is 2.18. The number of carbonyl (C=O) groups excluding carboxylic acids is 5. The summed E-state index contributed by atoms with van der Waals surface area (Å²) < 4.78 is 0. The van der Waals surface area contributed by atoms with Gasteiger partial charge in [0.25, 0.3) is 0 Å². The molecular formula is C16H26N6O7. The van der Waals surface area contributed by atoms with Crippen LogP contribution in [0.5, 0.6) is 0 Å². The fraction of sp³-hybridized carbons (Fsp3) is 0.625. The van der Waals surface area contributed by atoms with E-state index in [0.29, 0.717) is 12.8 Å². The molecule has 4 atom stereocenters. The van der Waals surface area contributed by atoms with Gasteiger partial charge in [0.1, 0.15) is 18.1 Å². The lowest BCUT2D eigenvalue weighted by Gasteiger charge is -2.26. The van der Waals surface area contributed by atoms with Gasteiger partial charge in [0.05, 0.1) is 18.9 Å². The van der Waals surface area contributed by atoms with E-state index in [9.17, 15) is 33.9 Å². The minimum atomic E-state index is -1.44. The summed E-state index contributed by atoms with van der Waals surface area (Å²) in [6.45, 7) is 1.58. The molecule has 29 heavy (non-hydrogen) atoms. The molecule has 0 aromatic carbocycles. The van der Waals surface area contributed by atoms with Crippen LogP contribution in [0.3, 0.4) is 0 Å². The van der Waals surface area contributed by atoms with E-state index in [4.69, 9.17) is 17.2 Å². The molecule has 13 heteroatoms. The monoisotopic (exact) mass is 414 g/mol. The van der Waals surface area contributed by atoms with Gasteiger partial charge < -0.3 is 37.8 Å². The molecule has 1 heterocycles. The van der Waals surface area contributed by atoms with Crippen molar-refractivity contribution in [3.63, 3.8) is 0 Å². The van der Waals surface area contributed by atoms with E-state index >= 15 is 0 Å². The summed E-state index contributed by atoms with van der Waals surface area (Å²) >= 11 is 0. The van der Waals surface area contributed by atoms with Gasteiger partial charge in [0.15, 0.2) is 0 Å². The van der Waals surface area contributed by atoms with Gasteiger partial charge in [-0.15, -0.1) is 0 Å². The summed E-state index contributed by atoms with van der Waals surface area (Å²) in [7, 11) is 0. The van der Waals surface area contributed by atoms with Gasteiger partial charge in [-0.2, -0.15) is 0 Å².